The molecule has 2 aromatic carbocycles. The van der Waals surface area contributed by atoms with Crippen LogP contribution < -0.4 is 10.5 Å². The van der Waals surface area contributed by atoms with Gasteiger partial charge in [0.2, 0.25) is 0 Å². The summed E-state index contributed by atoms with van der Waals surface area (Å²) < 4.78 is 6.52. The largest absolute Gasteiger partial charge is 0.491 e. The second-order valence-corrected chi connectivity index (χ2v) is 5.83. The predicted molar refractivity (Wildman–Crippen MR) is 85.2 cm³/mol. The molecule has 0 atom stereocenters. The van der Waals surface area contributed by atoms with Gasteiger partial charge in [-0.1, -0.05) is 34.1 Å². The molecule has 0 bridgehead atoms. The summed E-state index contributed by atoms with van der Waals surface area (Å²) in [4.78, 5) is 14.5. The van der Waals surface area contributed by atoms with Crippen LogP contribution in [0.3, 0.4) is 0 Å². The predicted octanol–water partition coefficient (Wildman–Crippen LogP) is 3.07. The highest BCUT2D eigenvalue weighted by Gasteiger charge is 2.22. The Bertz CT molecular complexity index is 688. The summed E-state index contributed by atoms with van der Waals surface area (Å²) in [5.74, 6) is 0.768. The van der Waals surface area contributed by atoms with Gasteiger partial charge in [0, 0.05) is 22.3 Å². The summed E-state index contributed by atoms with van der Waals surface area (Å²) in [6.45, 7) is 1.55. The van der Waals surface area contributed by atoms with Crippen LogP contribution in [0.4, 0.5) is 5.69 Å². The van der Waals surface area contributed by atoms with E-state index in [4.69, 9.17) is 10.5 Å². The number of nitrogen functional groups attached to an aromatic ring is 1. The van der Waals surface area contributed by atoms with Gasteiger partial charge in [0.05, 0.1) is 12.1 Å². The molecule has 3 rings (SSSR count). The maximum atomic E-state index is 12.7. The van der Waals surface area contributed by atoms with Crippen molar-refractivity contribution in [2.75, 3.05) is 18.9 Å². The molecule has 0 spiro atoms. The maximum absolute atomic E-state index is 12.7. The second kappa shape index (κ2) is 5.77. The van der Waals surface area contributed by atoms with E-state index in [0.29, 0.717) is 30.9 Å². The molecule has 5 heteroatoms. The van der Waals surface area contributed by atoms with E-state index in [1.54, 1.807) is 17.0 Å². The van der Waals surface area contributed by atoms with Crippen LogP contribution in [-0.4, -0.2) is 24.0 Å². The Morgan fingerprint density at radius 3 is 2.90 bits per heavy atom. The lowest BCUT2D eigenvalue weighted by Crippen LogP contribution is -2.33. The fraction of sp³-hybridized carbons (Fsp3) is 0.188. The zero-order chi connectivity index (χ0) is 14.8. The van der Waals surface area contributed by atoms with Crippen molar-refractivity contribution in [1.82, 2.24) is 4.90 Å². The van der Waals surface area contributed by atoms with E-state index in [1.165, 1.54) is 0 Å². The Morgan fingerprint density at radius 1 is 1.24 bits per heavy atom. The lowest BCUT2D eigenvalue weighted by Gasteiger charge is -2.20. The molecule has 1 amide bonds. The Labute approximate surface area is 131 Å². The second-order valence-electron chi connectivity index (χ2n) is 4.91. The van der Waals surface area contributed by atoms with E-state index in [2.05, 4.69) is 15.9 Å². The first kappa shape index (κ1) is 13.9. The van der Waals surface area contributed by atoms with Gasteiger partial charge < -0.3 is 15.4 Å². The first-order valence-corrected chi connectivity index (χ1v) is 7.49. The Morgan fingerprint density at radius 2 is 2.05 bits per heavy atom. The van der Waals surface area contributed by atoms with Crippen LogP contribution in [0.5, 0.6) is 5.75 Å². The number of carbonyl (C=O) groups is 1. The number of amides is 1. The van der Waals surface area contributed by atoms with Crippen molar-refractivity contribution < 1.29 is 9.53 Å². The lowest BCUT2D eigenvalue weighted by atomic mass is 10.1. The molecule has 1 aliphatic rings. The Hall–Kier alpha value is -2.01. The van der Waals surface area contributed by atoms with Gasteiger partial charge in [-0.25, -0.2) is 0 Å². The maximum Gasteiger partial charge on any atom is 0.256 e. The van der Waals surface area contributed by atoms with Crippen LogP contribution in [0.25, 0.3) is 0 Å². The summed E-state index contributed by atoms with van der Waals surface area (Å²) in [5.41, 5.74) is 7.95. The van der Waals surface area contributed by atoms with Gasteiger partial charge in [-0.2, -0.15) is 0 Å². The fourth-order valence-corrected chi connectivity index (χ4v) is 2.74. The molecule has 0 saturated carbocycles. The first-order chi connectivity index (χ1) is 10.1. The molecule has 0 radical (unpaired) electrons. The van der Waals surface area contributed by atoms with E-state index in [-0.39, 0.29) is 5.91 Å². The van der Waals surface area contributed by atoms with Crippen molar-refractivity contribution in [3.05, 3.63) is 58.1 Å². The minimum absolute atomic E-state index is 0.0749. The van der Waals surface area contributed by atoms with Crippen molar-refractivity contribution in [3.63, 3.8) is 0 Å². The first-order valence-electron chi connectivity index (χ1n) is 6.70. The highest BCUT2D eigenvalue weighted by molar-refractivity contribution is 9.10. The smallest absolute Gasteiger partial charge is 0.256 e. The number of halogens is 1. The number of carbonyl (C=O) groups excluding carboxylic acids is 1. The summed E-state index contributed by atoms with van der Waals surface area (Å²) in [7, 11) is 0. The molecular weight excluding hydrogens is 332 g/mol. The normalized spacial score (nSPS) is 14.0. The standard InChI is InChI=1S/C16H15BrN2O2/c17-12-5-6-14(18)13(9-12)16(20)19-7-8-21-15-4-2-1-3-11(15)10-19/h1-6,9H,7-8,10,18H2. The molecule has 108 valence electrons. The van der Waals surface area contributed by atoms with Gasteiger partial charge in [-0.15, -0.1) is 0 Å². The SMILES string of the molecule is Nc1ccc(Br)cc1C(=O)N1CCOc2ccccc2C1. The van der Waals surface area contributed by atoms with Gasteiger partial charge in [-0.05, 0) is 24.3 Å². The van der Waals surface area contributed by atoms with Crippen LogP contribution >= 0.6 is 15.9 Å². The van der Waals surface area contributed by atoms with Crippen molar-refractivity contribution in [2.45, 2.75) is 6.54 Å². The van der Waals surface area contributed by atoms with Crippen molar-refractivity contribution >= 4 is 27.5 Å². The van der Waals surface area contributed by atoms with E-state index < -0.39 is 0 Å². The fourth-order valence-electron chi connectivity index (χ4n) is 2.38. The van der Waals surface area contributed by atoms with E-state index >= 15 is 0 Å². The minimum atomic E-state index is -0.0749. The number of benzene rings is 2. The summed E-state index contributed by atoms with van der Waals surface area (Å²) in [6.07, 6.45) is 0. The van der Waals surface area contributed by atoms with Crippen molar-refractivity contribution in [1.29, 1.82) is 0 Å². The molecular formula is C16H15BrN2O2. The van der Waals surface area contributed by atoms with Crippen LogP contribution in [0, 0.1) is 0 Å². The number of hydrogen-bond donors (Lipinski definition) is 1. The zero-order valence-corrected chi connectivity index (χ0v) is 13.0. The van der Waals surface area contributed by atoms with E-state index in [1.807, 2.05) is 30.3 Å². The van der Waals surface area contributed by atoms with Crippen LogP contribution in [-0.2, 0) is 6.54 Å². The van der Waals surface area contributed by atoms with Crippen LogP contribution in [0.2, 0.25) is 0 Å². The Kier molecular flexibility index (Phi) is 3.84. The van der Waals surface area contributed by atoms with Gasteiger partial charge in [0.25, 0.3) is 5.91 Å². The minimum Gasteiger partial charge on any atom is -0.491 e. The Balaban J connectivity index is 1.90. The summed E-state index contributed by atoms with van der Waals surface area (Å²) >= 11 is 3.38. The molecule has 2 N–H and O–H groups in total. The zero-order valence-electron chi connectivity index (χ0n) is 11.4. The molecule has 4 nitrogen and oxygen atoms in total. The average Bonchev–Trinajstić information content (AvgIpc) is 2.71. The average molecular weight is 347 g/mol. The number of fused-ring (bicyclic) bond motifs is 1. The van der Waals surface area contributed by atoms with Crippen molar-refractivity contribution in [3.8, 4) is 5.75 Å². The molecule has 1 aliphatic heterocycles. The van der Waals surface area contributed by atoms with Crippen LogP contribution in [0.1, 0.15) is 15.9 Å². The third-order valence-electron chi connectivity index (χ3n) is 3.49. The molecule has 2 aromatic rings. The molecule has 0 aromatic heterocycles. The number of para-hydroxylation sites is 1. The number of hydrogen-bond acceptors (Lipinski definition) is 3. The monoisotopic (exact) mass is 346 g/mol. The molecule has 21 heavy (non-hydrogen) atoms. The third-order valence-corrected chi connectivity index (χ3v) is 3.98. The van der Waals surface area contributed by atoms with Gasteiger partial charge in [0.15, 0.2) is 0 Å². The molecule has 0 fully saturated rings. The third kappa shape index (κ3) is 2.88. The van der Waals surface area contributed by atoms with E-state index in [9.17, 15) is 4.79 Å². The number of anilines is 1. The lowest BCUT2D eigenvalue weighted by molar-refractivity contribution is 0.0734. The number of nitrogens with two attached hydrogens (primary N) is 1. The van der Waals surface area contributed by atoms with Gasteiger partial charge in [0.1, 0.15) is 12.4 Å². The van der Waals surface area contributed by atoms with Gasteiger partial charge in [-0.3, -0.25) is 4.79 Å². The number of nitrogens with zero attached hydrogens (tertiary/aromatic N) is 1. The molecule has 1 heterocycles. The highest BCUT2D eigenvalue weighted by Crippen LogP contribution is 2.25. The van der Waals surface area contributed by atoms with Crippen molar-refractivity contribution in [2.24, 2.45) is 0 Å². The highest BCUT2D eigenvalue weighted by atomic mass is 79.9. The molecule has 0 unspecified atom stereocenters. The number of ether oxygens (including phenoxy) is 1. The van der Waals surface area contributed by atoms with Crippen LogP contribution in [0.15, 0.2) is 46.9 Å². The molecule has 0 saturated heterocycles. The number of rotatable bonds is 1. The topological polar surface area (TPSA) is 55.6 Å². The van der Waals surface area contributed by atoms with E-state index in [0.717, 1.165) is 15.8 Å². The summed E-state index contributed by atoms with van der Waals surface area (Å²) in [5, 5.41) is 0. The summed E-state index contributed by atoms with van der Waals surface area (Å²) in [6, 6.07) is 13.1. The quantitative estimate of drug-likeness (QED) is 0.807. The van der Waals surface area contributed by atoms with Gasteiger partial charge >= 0.3 is 0 Å². The molecule has 0 aliphatic carbocycles.